The van der Waals surface area contributed by atoms with Crippen LogP contribution >= 0.6 is 0 Å². The standard InChI is InChI=1S/C23H20N4O3/c28-23(29)18-3-1-17(2-4-18)21-14-25-27-15-19(13-24-22(21)27)16-5-7-20(8-6-16)26-9-11-30-12-10-26/h1-8,13-15H,9-12H2,(H,28,29). The van der Waals surface area contributed by atoms with Gasteiger partial charge in [0.15, 0.2) is 5.65 Å². The maximum Gasteiger partial charge on any atom is 0.335 e. The maximum atomic E-state index is 11.1. The van der Waals surface area contributed by atoms with E-state index in [1.807, 2.05) is 12.4 Å². The number of anilines is 1. The quantitative estimate of drug-likeness (QED) is 0.564. The van der Waals surface area contributed by atoms with Crippen LogP contribution in [0.25, 0.3) is 27.9 Å². The molecule has 0 spiro atoms. The van der Waals surface area contributed by atoms with E-state index in [0.717, 1.165) is 54.2 Å². The van der Waals surface area contributed by atoms with E-state index in [2.05, 4.69) is 39.2 Å². The van der Waals surface area contributed by atoms with Crippen molar-refractivity contribution in [1.29, 1.82) is 0 Å². The number of benzene rings is 2. The number of nitrogens with zero attached hydrogens (tertiary/aromatic N) is 4. The minimum Gasteiger partial charge on any atom is -0.478 e. The van der Waals surface area contributed by atoms with Crippen molar-refractivity contribution in [3.05, 3.63) is 72.7 Å². The number of hydrogen-bond acceptors (Lipinski definition) is 5. The number of carboxylic acid groups (broad SMARTS) is 1. The molecule has 30 heavy (non-hydrogen) atoms. The Morgan fingerprint density at radius 1 is 0.900 bits per heavy atom. The second kappa shape index (κ2) is 7.61. The third kappa shape index (κ3) is 3.40. The third-order valence-electron chi connectivity index (χ3n) is 5.38. The molecule has 0 bridgehead atoms. The predicted molar refractivity (Wildman–Crippen MR) is 114 cm³/mol. The van der Waals surface area contributed by atoms with E-state index >= 15 is 0 Å². The lowest BCUT2D eigenvalue weighted by atomic mass is 10.1. The van der Waals surface area contributed by atoms with Crippen LogP contribution in [0.2, 0.25) is 0 Å². The smallest absolute Gasteiger partial charge is 0.335 e. The summed E-state index contributed by atoms with van der Waals surface area (Å²) in [4.78, 5) is 18.0. The maximum absolute atomic E-state index is 11.1. The van der Waals surface area contributed by atoms with Gasteiger partial charge in [-0.2, -0.15) is 5.10 Å². The Kier molecular flexibility index (Phi) is 4.65. The van der Waals surface area contributed by atoms with E-state index in [0.29, 0.717) is 0 Å². The number of carbonyl (C=O) groups is 1. The van der Waals surface area contributed by atoms with Crippen molar-refractivity contribution in [2.45, 2.75) is 0 Å². The van der Waals surface area contributed by atoms with Crippen LogP contribution < -0.4 is 4.90 Å². The SMILES string of the molecule is O=C(O)c1ccc(-c2cnn3cc(-c4ccc(N5CCOCC5)cc4)cnc23)cc1. The van der Waals surface area contributed by atoms with Crippen molar-refractivity contribution in [2.75, 3.05) is 31.2 Å². The third-order valence-corrected chi connectivity index (χ3v) is 5.38. The van der Waals surface area contributed by atoms with Crippen molar-refractivity contribution in [2.24, 2.45) is 0 Å². The molecule has 1 aliphatic rings. The summed E-state index contributed by atoms with van der Waals surface area (Å²) in [6, 6.07) is 15.2. The highest BCUT2D eigenvalue weighted by Crippen LogP contribution is 2.27. The van der Waals surface area contributed by atoms with Gasteiger partial charge >= 0.3 is 5.97 Å². The molecule has 2 aromatic heterocycles. The van der Waals surface area contributed by atoms with Crippen LogP contribution in [0.15, 0.2) is 67.1 Å². The van der Waals surface area contributed by atoms with E-state index < -0.39 is 5.97 Å². The molecule has 150 valence electrons. The summed E-state index contributed by atoms with van der Waals surface area (Å²) in [6.45, 7) is 3.36. The number of ether oxygens (including phenoxy) is 1. The van der Waals surface area contributed by atoms with Crippen LogP contribution in [0.3, 0.4) is 0 Å². The summed E-state index contributed by atoms with van der Waals surface area (Å²) >= 11 is 0. The zero-order chi connectivity index (χ0) is 20.5. The van der Waals surface area contributed by atoms with Gasteiger partial charge in [-0.1, -0.05) is 24.3 Å². The summed E-state index contributed by atoms with van der Waals surface area (Å²) in [7, 11) is 0. The lowest BCUT2D eigenvalue weighted by molar-refractivity contribution is 0.0697. The number of fused-ring (bicyclic) bond motifs is 1. The molecule has 0 radical (unpaired) electrons. The molecule has 0 saturated carbocycles. The molecule has 2 aromatic carbocycles. The van der Waals surface area contributed by atoms with Crippen molar-refractivity contribution in [3.8, 4) is 22.3 Å². The van der Waals surface area contributed by atoms with Gasteiger partial charge in [0.05, 0.1) is 25.0 Å². The molecule has 0 unspecified atom stereocenters. The first-order chi connectivity index (χ1) is 14.7. The second-order valence-corrected chi connectivity index (χ2v) is 7.20. The molecule has 0 aliphatic carbocycles. The molecule has 1 aliphatic heterocycles. The molecule has 7 heteroatoms. The molecule has 1 saturated heterocycles. The van der Waals surface area contributed by atoms with Crippen LogP contribution in [0.1, 0.15) is 10.4 Å². The zero-order valence-electron chi connectivity index (χ0n) is 16.2. The summed E-state index contributed by atoms with van der Waals surface area (Å²) in [5.41, 5.74) is 5.97. The molecule has 4 aromatic rings. The zero-order valence-corrected chi connectivity index (χ0v) is 16.2. The molecule has 1 N–H and O–H groups in total. The number of aromatic nitrogens is 3. The lowest BCUT2D eigenvalue weighted by Crippen LogP contribution is -2.36. The van der Waals surface area contributed by atoms with Crippen molar-refractivity contribution in [3.63, 3.8) is 0 Å². The summed E-state index contributed by atoms with van der Waals surface area (Å²) in [6.07, 6.45) is 5.56. The molecule has 0 atom stereocenters. The lowest BCUT2D eigenvalue weighted by Gasteiger charge is -2.28. The van der Waals surface area contributed by atoms with Gasteiger partial charge < -0.3 is 14.7 Å². The average Bonchev–Trinajstić information content (AvgIpc) is 3.23. The summed E-state index contributed by atoms with van der Waals surface area (Å²) < 4.78 is 7.18. The first-order valence-electron chi connectivity index (χ1n) is 9.79. The van der Waals surface area contributed by atoms with E-state index in [4.69, 9.17) is 9.84 Å². The van der Waals surface area contributed by atoms with Gasteiger partial charge in [0, 0.05) is 42.3 Å². The molecular weight excluding hydrogens is 380 g/mol. The van der Waals surface area contributed by atoms with Gasteiger partial charge in [0.25, 0.3) is 0 Å². The number of carboxylic acids is 1. The van der Waals surface area contributed by atoms with E-state index in [1.54, 1.807) is 35.0 Å². The van der Waals surface area contributed by atoms with E-state index in [1.165, 1.54) is 5.69 Å². The number of morpholine rings is 1. The number of hydrogen-bond donors (Lipinski definition) is 1. The second-order valence-electron chi connectivity index (χ2n) is 7.20. The van der Waals surface area contributed by atoms with Crippen molar-refractivity contribution >= 4 is 17.3 Å². The largest absolute Gasteiger partial charge is 0.478 e. The number of aromatic carboxylic acids is 1. The van der Waals surface area contributed by atoms with Crippen molar-refractivity contribution in [1.82, 2.24) is 14.6 Å². The topological polar surface area (TPSA) is 80.0 Å². The predicted octanol–water partition coefficient (Wildman–Crippen LogP) is 3.60. The van der Waals surface area contributed by atoms with Gasteiger partial charge in [0.1, 0.15) is 0 Å². The Morgan fingerprint density at radius 2 is 1.60 bits per heavy atom. The molecule has 7 nitrogen and oxygen atoms in total. The minimum absolute atomic E-state index is 0.256. The molecule has 1 fully saturated rings. The van der Waals surface area contributed by atoms with Crippen LogP contribution in [0.4, 0.5) is 5.69 Å². The highest BCUT2D eigenvalue weighted by Gasteiger charge is 2.13. The van der Waals surface area contributed by atoms with Gasteiger partial charge in [-0.05, 0) is 35.4 Å². The van der Waals surface area contributed by atoms with Gasteiger partial charge in [-0.25, -0.2) is 14.3 Å². The van der Waals surface area contributed by atoms with Crippen molar-refractivity contribution < 1.29 is 14.6 Å². The monoisotopic (exact) mass is 400 g/mol. The fourth-order valence-corrected chi connectivity index (χ4v) is 3.71. The Bertz CT molecular complexity index is 1190. The highest BCUT2D eigenvalue weighted by molar-refractivity contribution is 5.89. The minimum atomic E-state index is -0.941. The average molecular weight is 400 g/mol. The van der Waals surface area contributed by atoms with Crippen LogP contribution in [0.5, 0.6) is 0 Å². The Balaban J connectivity index is 1.42. The van der Waals surface area contributed by atoms with E-state index in [-0.39, 0.29) is 5.56 Å². The van der Waals surface area contributed by atoms with Crippen LogP contribution in [0, 0.1) is 0 Å². The van der Waals surface area contributed by atoms with Crippen LogP contribution in [-0.2, 0) is 4.74 Å². The van der Waals surface area contributed by atoms with Gasteiger partial charge in [0.2, 0.25) is 0 Å². The molecule has 3 heterocycles. The van der Waals surface area contributed by atoms with Gasteiger partial charge in [-0.3, -0.25) is 0 Å². The van der Waals surface area contributed by atoms with Crippen LogP contribution in [-0.4, -0.2) is 52.0 Å². The first-order valence-corrected chi connectivity index (χ1v) is 9.79. The number of rotatable bonds is 4. The fourth-order valence-electron chi connectivity index (χ4n) is 3.71. The summed E-state index contributed by atoms with van der Waals surface area (Å²) in [5, 5.41) is 13.5. The highest BCUT2D eigenvalue weighted by atomic mass is 16.5. The fraction of sp³-hybridized carbons (Fsp3) is 0.174. The molecule has 0 amide bonds. The van der Waals surface area contributed by atoms with Gasteiger partial charge in [-0.15, -0.1) is 0 Å². The first kappa shape index (κ1) is 18.3. The van der Waals surface area contributed by atoms with E-state index in [9.17, 15) is 4.79 Å². The summed E-state index contributed by atoms with van der Waals surface area (Å²) in [5.74, 6) is -0.941. The Labute approximate surface area is 173 Å². The molecular formula is C23H20N4O3. The molecule has 5 rings (SSSR count). The Morgan fingerprint density at radius 3 is 2.30 bits per heavy atom. The normalized spacial score (nSPS) is 14.2. The Hall–Kier alpha value is -3.71.